The number of aldehydes is 1. The molecule has 0 aliphatic rings. The molecule has 2 aromatic carbocycles. The first-order chi connectivity index (χ1) is 12.1. The van der Waals surface area contributed by atoms with E-state index in [0.717, 1.165) is 27.2 Å². The predicted octanol–water partition coefficient (Wildman–Crippen LogP) is 3.61. The quantitative estimate of drug-likeness (QED) is 0.533. The summed E-state index contributed by atoms with van der Waals surface area (Å²) in [5.41, 5.74) is 3.32. The molecule has 0 bridgehead atoms. The monoisotopic (exact) mass is 397 g/mol. The Hall–Kier alpha value is -2.93. The lowest BCUT2D eigenvalue weighted by atomic mass is 10.1. The molecule has 0 radical (unpaired) electrons. The van der Waals surface area contributed by atoms with Crippen molar-refractivity contribution in [2.75, 3.05) is 0 Å². The fourth-order valence-corrected chi connectivity index (χ4v) is 3.10. The number of fused-ring (bicyclic) bond motifs is 1. The Kier molecular flexibility index (Phi) is 3.85. The molecule has 0 aliphatic carbocycles. The third-order valence-corrected chi connectivity index (χ3v) is 4.55. The van der Waals surface area contributed by atoms with Crippen LogP contribution in [0.2, 0.25) is 0 Å². The van der Waals surface area contributed by atoms with Crippen molar-refractivity contribution in [3.8, 4) is 11.4 Å². The summed E-state index contributed by atoms with van der Waals surface area (Å²) in [6.07, 6.45) is 2.66. The van der Waals surface area contributed by atoms with Crippen molar-refractivity contribution in [3.05, 3.63) is 74.8 Å². The summed E-state index contributed by atoms with van der Waals surface area (Å²) < 4.78 is 7.59. The first-order valence-electron chi connectivity index (χ1n) is 7.53. The van der Waals surface area contributed by atoms with E-state index < -0.39 is 5.76 Å². The Morgan fingerprint density at radius 1 is 1.20 bits per heavy atom. The van der Waals surface area contributed by atoms with Crippen molar-refractivity contribution in [1.29, 1.82) is 0 Å². The fourth-order valence-electron chi connectivity index (χ4n) is 2.84. The van der Waals surface area contributed by atoms with Crippen molar-refractivity contribution >= 4 is 33.1 Å². The molecule has 0 amide bonds. The van der Waals surface area contributed by atoms with E-state index >= 15 is 0 Å². The van der Waals surface area contributed by atoms with Crippen LogP contribution >= 0.6 is 15.9 Å². The Labute approximate surface area is 150 Å². The van der Waals surface area contributed by atoms with Gasteiger partial charge < -0.3 is 4.57 Å². The number of nitrogens with zero attached hydrogens (tertiary/aromatic N) is 2. The Morgan fingerprint density at radius 2 is 2.00 bits per heavy atom. The molecule has 0 spiro atoms. The number of aromatic amines is 1. The summed E-state index contributed by atoms with van der Waals surface area (Å²) in [5, 5.41) is 4.49. The van der Waals surface area contributed by atoms with Crippen LogP contribution < -0.4 is 5.76 Å². The second kappa shape index (κ2) is 6.18. The van der Waals surface area contributed by atoms with Crippen LogP contribution in [0.3, 0.4) is 0 Å². The van der Waals surface area contributed by atoms with Crippen molar-refractivity contribution < 1.29 is 9.32 Å². The molecule has 124 valence electrons. The molecule has 0 saturated heterocycles. The minimum atomic E-state index is -0.612. The maximum Gasteiger partial charge on any atom is 0.439 e. The smallest absolute Gasteiger partial charge is 0.342 e. The SMILES string of the molecule is O=Cc1cn(Cc2ccc(Br)cc2)c2ccc(-c3noc(=O)[nH]3)cc12. The first-order valence-corrected chi connectivity index (χ1v) is 8.32. The zero-order valence-electron chi connectivity index (χ0n) is 12.9. The zero-order chi connectivity index (χ0) is 17.4. The highest BCUT2D eigenvalue weighted by Gasteiger charge is 2.12. The summed E-state index contributed by atoms with van der Waals surface area (Å²) in [7, 11) is 0. The number of aromatic nitrogens is 3. The van der Waals surface area contributed by atoms with Gasteiger partial charge in [-0.15, -0.1) is 0 Å². The van der Waals surface area contributed by atoms with E-state index in [9.17, 15) is 9.59 Å². The van der Waals surface area contributed by atoms with Gasteiger partial charge in [-0.1, -0.05) is 33.2 Å². The number of carbonyl (C=O) groups is 1. The minimum absolute atomic E-state index is 0.337. The summed E-state index contributed by atoms with van der Waals surface area (Å²) in [5.74, 6) is -0.275. The summed E-state index contributed by atoms with van der Waals surface area (Å²) in [4.78, 5) is 25.1. The van der Waals surface area contributed by atoms with Gasteiger partial charge in [-0.3, -0.25) is 14.3 Å². The van der Waals surface area contributed by atoms with E-state index in [0.29, 0.717) is 23.5 Å². The van der Waals surface area contributed by atoms with E-state index in [-0.39, 0.29) is 0 Å². The molecule has 4 aromatic rings. The van der Waals surface area contributed by atoms with Crippen molar-refractivity contribution in [1.82, 2.24) is 14.7 Å². The van der Waals surface area contributed by atoms with E-state index in [4.69, 9.17) is 0 Å². The van der Waals surface area contributed by atoms with Gasteiger partial charge in [0.2, 0.25) is 0 Å². The van der Waals surface area contributed by atoms with Crippen LogP contribution in [-0.2, 0) is 6.54 Å². The lowest BCUT2D eigenvalue weighted by Crippen LogP contribution is -1.97. The second-order valence-electron chi connectivity index (χ2n) is 5.63. The molecule has 2 aromatic heterocycles. The van der Waals surface area contributed by atoms with Gasteiger partial charge in [0.1, 0.15) is 0 Å². The Balaban J connectivity index is 1.79. The molecule has 0 fully saturated rings. The normalized spacial score (nSPS) is 11.1. The molecule has 0 saturated carbocycles. The molecular formula is C18H12BrN3O3. The fraction of sp³-hybridized carbons (Fsp3) is 0.0556. The van der Waals surface area contributed by atoms with Gasteiger partial charge in [0.05, 0.1) is 0 Å². The minimum Gasteiger partial charge on any atom is -0.342 e. The van der Waals surface area contributed by atoms with Crippen LogP contribution in [0.4, 0.5) is 0 Å². The topological polar surface area (TPSA) is 80.9 Å². The van der Waals surface area contributed by atoms with Gasteiger partial charge in [-0.05, 0) is 35.9 Å². The number of hydrogen-bond donors (Lipinski definition) is 1. The molecule has 0 atom stereocenters. The van der Waals surface area contributed by atoms with Crippen LogP contribution in [0, 0.1) is 0 Å². The van der Waals surface area contributed by atoms with Crippen molar-refractivity contribution in [2.45, 2.75) is 6.54 Å². The number of H-pyrrole nitrogens is 1. The third-order valence-electron chi connectivity index (χ3n) is 4.02. The lowest BCUT2D eigenvalue weighted by molar-refractivity contribution is 0.112. The second-order valence-corrected chi connectivity index (χ2v) is 6.55. The average molecular weight is 398 g/mol. The molecule has 7 heteroatoms. The molecule has 6 nitrogen and oxygen atoms in total. The van der Waals surface area contributed by atoms with Gasteiger partial charge in [-0.2, -0.15) is 0 Å². The number of benzene rings is 2. The maximum absolute atomic E-state index is 11.5. The molecule has 2 heterocycles. The van der Waals surface area contributed by atoms with E-state index in [1.165, 1.54) is 0 Å². The van der Waals surface area contributed by atoms with Gasteiger partial charge >= 0.3 is 5.76 Å². The van der Waals surface area contributed by atoms with Crippen LogP contribution in [-0.4, -0.2) is 21.0 Å². The van der Waals surface area contributed by atoms with Gasteiger partial charge in [0.15, 0.2) is 12.1 Å². The van der Waals surface area contributed by atoms with Gasteiger partial charge in [-0.25, -0.2) is 4.79 Å². The first kappa shape index (κ1) is 15.6. The van der Waals surface area contributed by atoms with E-state index in [2.05, 4.69) is 30.6 Å². The lowest BCUT2D eigenvalue weighted by Gasteiger charge is -2.06. The molecule has 25 heavy (non-hydrogen) atoms. The van der Waals surface area contributed by atoms with Crippen LogP contribution in [0.15, 0.2) is 62.5 Å². The third kappa shape index (κ3) is 2.94. The van der Waals surface area contributed by atoms with Gasteiger partial charge in [0.25, 0.3) is 0 Å². The molecule has 0 unspecified atom stereocenters. The Morgan fingerprint density at radius 3 is 2.68 bits per heavy atom. The molecular weight excluding hydrogens is 386 g/mol. The zero-order valence-corrected chi connectivity index (χ0v) is 14.5. The molecule has 4 rings (SSSR count). The van der Waals surface area contributed by atoms with Crippen LogP contribution in [0.1, 0.15) is 15.9 Å². The average Bonchev–Trinajstić information content (AvgIpc) is 3.20. The Bertz CT molecular complexity index is 1120. The summed E-state index contributed by atoms with van der Waals surface area (Å²) >= 11 is 3.43. The maximum atomic E-state index is 11.5. The number of halogens is 1. The molecule has 0 aliphatic heterocycles. The van der Waals surface area contributed by atoms with Crippen LogP contribution in [0.25, 0.3) is 22.3 Å². The van der Waals surface area contributed by atoms with Crippen molar-refractivity contribution in [2.24, 2.45) is 0 Å². The number of nitrogens with one attached hydrogen (secondary N) is 1. The van der Waals surface area contributed by atoms with Crippen molar-refractivity contribution in [3.63, 3.8) is 0 Å². The van der Waals surface area contributed by atoms with Crippen LogP contribution in [0.5, 0.6) is 0 Å². The highest BCUT2D eigenvalue weighted by Crippen LogP contribution is 2.26. The molecule has 1 N–H and O–H groups in total. The standard InChI is InChI=1S/C18H12BrN3O3/c19-14-4-1-11(2-5-14)8-22-9-13(10-23)15-7-12(3-6-16(15)22)17-20-18(24)25-21-17/h1-7,9-10H,8H2,(H,20,21,24). The van der Waals surface area contributed by atoms with E-state index in [1.54, 1.807) is 0 Å². The number of carbonyl (C=O) groups excluding carboxylic acids is 1. The summed E-state index contributed by atoms with van der Waals surface area (Å²) in [6.45, 7) is 0.651. The number of hydrogen-bond acceptors (Lipinski definition) is 4. The predicted molar refractivity (Wildman–Crippen MR) is 96.7 cm³/mol. The summed E-state index contributed by atoms with van der Waals surface area (Å²) in [6, 6.07) is 13.6. The van der Waals surface area contributed by atoms with E-state index in [1.807, 2.05) is 53.2 Å². The highest BCUT2D eigenvalue weighted by atomic mass is 79.9. The van der Waals surface area contributed by atoms with Gasteiger partial charge in [0, 0.05) is 39.2 Å². The highest BCUT2D eigenvalue weighted by molar-refractivity contribution is 9.10. The largest absolute Gasteiger partial charge is 0.439 e. The number of rotatable bonds is 4.